The quantitative estimate of drug-likeness (QED) is 0.0350. The van der Waals surface area contributed by atoms with Gasteiger partial charge < -0.3 is 86.2 Å². The lowest BCUT2D eigenvalue weighted by molar-refractivity contribution is -0.120. The maximum atomic E-state index is 12.9. The Balaban J connectivity index is 0.000000157. The topological polar surface area (TPSA) is 407 Å². The molecule has 0 unspecified atom stereocenters. The number of aromatic nitrogens is 2. The van der Waals surface area contributed by atoms with Gasteiger partial charge in [-0.1, -0.05) is 121 Å². The van der Waals surface area contributed by atoms with Crippen molar-refractivity contribution in [3.63, 3.8) is 0 Å². The van der Waals surface area contributed by atoms with Crippen molar-refractivity contribution < 1.29 is 62.0 Å². The van der Waals surface area contributed by atoms with Crippen LogP contribution in [0.15, 0.2) is 220 Å². The molecule has 684 valence electrons. The van der Waals surface area contributed by atoms with E-state index in [0.717, 1.165) is 180 Å². The number of rotatable bonds is 19. The van der Waals surface area contributed by atoms with Gasteiger partial charge >= 0.3 is 35.9 Å². The van der Waals surface area contributed by atoms with Crippen molar-refractivity contribution in [1.82, 2.24) is 65.1 Å². The summed E-state index contributed by atoms with van der Waals surface area (Å²) in [6.45, 7) is 11.1. The van der Waals surface area contributed by atoms with Gasteiger partial charge in [0.05, 0.1) is 5.52 Å². The minimum absolute atomic E-state index is 0.0705. The number of urea groups is 5. The number of piperidine rings is 6. The van der Waals surface area contributed by atoms with Gasteiger partial charge in [-0.15, -0.1) is 0 Å². The number of aromatic amines is 1. The highest BCUT2D eigenvalue weighted by Crippen LogP contribution is 2.30. The maximum absolute atomic E-state index is 12.9. The van der Waals surface area contributed by atoms with E-state index in [0.29, 0.717) is 103 Å². The molecular weight excluding hydrogens is 1650 g/mol. The van der Waals surface area contributed by atoms with Gasteiger partial charge in [0.25, 0.3) is 5.56 Å². The van der Waals surface area contributed by atoms with Crippen molar-refractivity contribution in [1.29, 1.82) is 0 Å². The minimum atomic E-state index is -0.439. The second kappa shape index (κ2) is 51.2. The van der Waals surface area contributed by atoms with Crippen molar-refractivity contribution in [2.24, 2.45) is 5.73 Å². The van der Waals surface area contributed by atoms with Gasteiger partial charge in [0.15, 0.2) is 5.58 Å². The third-order valence-electron chi connectivity index (χ3n) is 23.4. The number of carbonyl (C=O) groups excluding carboxylic acids is 12. The van der Waals surface area contributed by atoms with Gasteiger partial charge in [-0.3, -0.25) is 57.6 Å². The van der Waals surface area contributed by atoms with Crippen LogP contribution >= 0.6 is 0 Å². The summed E-state index contributed by atoms with van der Waals surface area (Å²) in [7, 11) is 3.23. The van der Waals surface area contributed by atoms with E-state index >= 15 is 0 Å². The Morgan fingerprint density at radius 3 is 1.15 bits per heavy atom. The highest BCUT2D eigenvalue weighted by atomic mass is 16.4. The second-order valence-corrected chi connectivity index (χ2v) is 31.7. The molecule has 9 N–H and O–H groups in total. The average Bonchev–Trinajstić information content (AvgIpc) is 1.64. The van der Waals surface area contributed by atoms with Gasteiger partial charge in [0, 0.05) is 194 Å². The number of hydrogen-bond donors (Lipinski definition) is 8. The van der Waals surface area contributed by atoms with Crippen LogP contribution in [0.2, 0.25) is 0 Å². The molecular formula is C94H118N20O15. The number of benzene rings is 7. The lowest BCUT2D eigenvalue weighted by atomic mass is 10.0. The van der Waals surface area contributed by atoms with Gasteiger partial charge in [0.1, 0.15) is 5.69 Å². The van der Waals surface area contributed by atoms with E-state index in [1.54, 1.807) is 68.8 Å². The Labute approximate surface area is 749 Å². The molecule has 0 saturated carbocycles. The zero-order valence-electron chi connectivity index (χ0n) is 73.0. The molecule has 7 aliphatic rings. The molecule has 16 rings (SSSR count). The first kappa shape index (κ1) is 96.7. The number of oxazole rings is 1. The molecule has 35 heteroatoms. The van der Waals surface area contributed by atoms with Crippen molar-refractivity contribution in [2.45, 2.75) is 113 Å². The Bertz CT molecular complexity index is 5120. The number of nitrogens with one attached hydrogen (secondary N) is 7. The van der Waals surface area contributed by atoms with Crippen molar-refractivity contribution in [2.75, 3.05) is 149 Å². The lowest BCUT2D eigenvalue weighted by Crippen LogP contribution is -2.50. The molecule has 0 atom stereocenters. The molecule has 0 aliphatic carbocycles. The van der Waals surface area contributed by atoms with Crippen molar-refractivity contribution >= 4 is 131 Å². The van der Waals surface area contributed by atoms with Crippen LogP contribution in [0, 0.1) is 0 Å². The van der Waals surface area contributed by atoms with Crippen LogP contribution in [0.25, 0.3) is 22.0 Å². The summed E-state index contributed by atoms with van der Waals surface area (Å²) in [5.74, 6) is -0.305. The van der Waals surface area contributed by atoms with E-state index in [9.17, 15) is 67.1 Å². The van der Waals surface area contributed by atoms with E-state index in [4.69, 9.17) is 10.2 Å². The molecule has 0 spiro atoms. The molecule has 129 heavy (non-hydrogen) atoms. The molecule has 9 heterocycles. The van der Waals surface area contributed by atoms with E-state index in [1.165, 1.54) is 0 Å². The fourth-order valence-corrected chi connectivity index (χ4v) is 16.3. The maximum Gasteiger partial charge on any atom is 0.420 e. The summed E-state index contributed by atoms with van der Waals surface area (Å²) in [5.41, 5.74) is 12.5. The number of anilines is 6. The van der Waals surface area contributed by atoms with Crippen molar-refractivity contribution in [3.8, 4) is 0 Å². The van der Waals surface area contributed by atoms with Crippen LogP contribution in [-0.2, 0) is 33.6 Å². The largest absolute Gasteiger partial charge is 0.420 e. The van der Waals surface area contributed by atoms with E-state index in [2.05, 4.69) is 36.9 Å². The summed E-state index contributed by atoms with van der Waals surface area (Å²) < 4.78 is 6.95. The van der Waals surface area contributed by atoms with Crippen molar-refractivity contribution in [3.05, 3.63) is 227 Å². The molecule has 7 aliphatic heterocycles. The predicted molar refractivity (Wildman–Crippen MR) is 497 cm³/mol. The number of para-hydroxylation sites is 8. The number of hydrogen-bond acceptors (Lipinski definition) is 16. The number of amides is 17. The first-order valence-electron chi connectivity index (χ1n) is 43.7. The SMILES string of the molecule is CNC(=O)N(c1ccccc1)C1CCN(C=O)CC1.CNC(=O)NC1CCN(C=O)CC1.NC(=O)N(c1ccccc1)C1CCN(C=O)CC1.O=CN1CCC(N(C(=O)Nc2ccccc2)c2ccccc2)CC1.O=CN1CCC(NC(=O)Nc2ccccc2)CC1.O=CN1CCC(n2c(=O)oc3ccccc32)CC1.O=CN1CCN(c2cc3ccccc3[nH]c2=O)CC1. The van der Waals surface area contributed by atoms with Gasteiger partial charge in [0.2, 0.25) is 44.9 Å². The number of fused-ring (bicyclic) bond motifs is 2. The molecule has 9 aromatic rings. The van der Waals surface area contributed by atoms with Crippen LogP contribution in [0.4, 0.5) is 58.1 Å². The average molecular weight is 1770 g/mol. The molecule has 7 fully saturated rings. The number of nitrogens with two attached hydrogens (primary N) is 1. The number of pyridine rings is 1. The summed E-state index contributed by atoms with van der Waals surface area (Å²) in [4.78, 5) is 180. The second-order valence-electron chi connectivity index (χ2n) is 31.7. The van der Waals surface area contributed by atoms with Crippen LogP contribution in [0.1, 0.15) is 83.1 Å². The fourth-order valence-electron chi connectivity index (χ4n) is 16.3. The first-order chi connectivity index (χ1) is 62.9. The molecule has 0 radical (unpaired) electrons. The Morgan fingerprint density at radius 2 is 0.729 bits per heavy atom. The minimum Gasteiger partial charge on any atom is -0.408 e. The Morgan fingerprint density at radius 1 is 0.380 bits per heavy atom. The van der Waals surface area contributed by atoms with E-state index in [1.807, 2.05) is 210 Å². The zero-order chi connectivity index (χ0) is 91.7. The number of likely N-dealkylation sites (tertiary alicyclic amines) is 6. The smallest absolute Gasteiger partial charge is 0.408 e. The lowest BCUT2D eigenvalue weighted by Gasteiger charge is -2.37. The van der Waals surface area contributed by atoms with Gasteiger partial charge in [-0.05, 0) is 162 Å². The summed E-state index contributed by atoms with van der Waals surface area (Å²) >= 11 is 0. The summed E-state index contributed by atoms with van der Waals surface area (Å²) in [5, 5.41) is 17.7. The Kier molecular flexibility index (Phi) is 38.3. The number of nitrogens with zero attached hydrogens (tertiary/aromatic N) is 12. The highest BCUT2D eigenvalue weighted by Gasteiger charge is 2.33. The predicted octanol–water partition coefficient (Wildman–Crippen LogP) is 9.15. The summed E-state index contributed by atoms with van der Waals surface area (Å²) in [6.07, 6.45) is 15.6. The molecule has 2 aromatic heterocycles. The van der Waals surface area contributed by atoms with E-state index < -0.39 is 6.03 Å². The third-order valence-corrected chi connectivity index (χ3v) is 23.4. The molecule has 35 nitrogen and oxygen atoms in total. The highest BCUT2D eigenvalue weighted by molar-refractivity contribution is 6.02. The number of primary amides is 1. The van der Waals surface area contributed by atoms with Crippen LogP contribution in [-0.4, -0.2) is 268 Å². The molecule has 17 amide bonds. The van der Waals surface area contributed by atoms with E-state index in [-0.39, 0.29) is 71.7 Å². The van der Waals surface area contributed by atoms with Gasteiger partial charge in [-0.2, -0.15) is 0 Å². The van der Waals surface area contributed by atoms with Crippen LogP contribution < -0.4 is 68.5 Å². The first-order valence-corrected chi connectivity index (χ1v) is 43.7. The molecule has 7 saturated heterocycles. The summed E-state index contributed by atoms with van der Waals surface area (Å²) in [6, 6.07) is 64.3. The number of carbonyl (C=O) groups is 12. The molecule has 7 aromatic carbocycles. The monoisotopic (exact) mass is 1770 g/mol. The number of piperazine rings is 1. The number of H-pyrrole nitrogens is 1. The Hall–Kier alpha value is -14.5. The van der Waals surface area contributed by atoms with Crippen LogP contribution in [0.5, 0.6) is 0 Å². The third kappa shape index (κ3) is 29.3. The standard InChI is InChI=1S/C19H21N3O2.C14H15N3O2.C14H19N3O2.2C13H17N3O2.C13H14N2O3.C8H15N3O2/c23-15-21-13-11-18(12-14-21)22(17-9-5-2-6-10-17)19(24)20-16-7-3-1-4-8-16;18-10-16-5-7-17(8-6-16)13-9-11-3-1-2-4-12(11)15-14(13)19;1-15-14(19)17(12-5-3-2-4-6-12)13-7-9-16(11-18)10-8-13;14-13(18)16(11-4-2-1-3-5-11)12-6-8-15(10-17)9-7-12;17-10-16-8-6-12(7-9-16)15-13(18)14-11-4-2-1-3-5-11;16-9-14-7-5-10(6-8-14)15-11-3-1-2-4-12(11)18-13(15)17;1-9-8(13)10-7-2-4-11(6-12)5-3-7/h1-10,15,18H,11-14H2,(H,20,24);1-4,9-10H,5-8H2,(H,15,19);2-6,11,13H,7-10H2,1H3,(H,15,19);1-5,10,12H,6-9H2,(H2,14,18);1-5,10,12H,6-9H2,(H2,14,15,18);1-4,9-10H,5-8H2;6-7H,2-5H2,1H3,(H2,9,10,13). The van der Waals surface area contributed by atoms with Gasteiger partial charge in [-0.25, -0.2) is 28.8 Å². The molecule has 0 bridgehead atoms. The fraction of sp³-hybridized carbons (Fsp3) is 0.383. The van der Waals surface area contributed by atoms with Crippen LogP contribution in [0.3, 0.4) is 0 Å². The zero-order valence-corrected chi connectivity index (χ0v) is 73.0. The normalized spacial score (nSPS) is 16.2.